The molecule has 15 heavy (non-hydrogen) atoms. The van der Waals surface area contributed by atoms with Gasteiger partial charge in [0, 0.05) is 6.42 Å². The van der Waals surface area contributed by atoms with Gasteiger partial charge in [-0.25, -0.2) is 4.79 Å². The van der Waals surface area contributed by atoms with Crippen LogP contribution in [0.15, 0.2) is 4.99 Å². The van der Waals surface area contributed by atoms with Crippen LogP contribution in [0.4, 0.5) is 4.79 Å². The van der Waals surface area contributed by atoms with Crippen LogP contribution in [-0.4, -0.2) is 25.2 Å². The monoisotopic (exact) mass is 215 g/mol. The van der Waals surface area contributed by atoms with Crippen molar-refractivity contribution in [2.75, 3.05) is 13.2 Å². The summed E-state index contributed by atoms with van der Waals surface area (Å²) >= 11 is 0. The minimum atomic E-state index is -0.565. The summed E-state index contributed by atoms with van der Waals surface area (Å²) in [6.45, 7) is 8.72. The molecule has 88 valence electrons. The highest BCUT2D eigenvalue weighted by Crippen LogP contribution is 2.06. The summed E-state index contributed by atoms with van der Waals surface area (Å²) in [6, 6.07) is 0. The molecule has 0 bridgehead atoms. The van der Waals surface area contributed by atoms with E-state index in [4.69, 9.17) is 9.47 Å². The van der Waals surface area contributed by atoms with E-state index in [1.54, 1.807) is 6.92 Å². The summed E-state index contributed by atoms with van der Waals surface area (Å²) < 4.78 is 9.98. The van der Waals surface area contributed by atoms with Gasteiger partial charge in [0.05, 0.1) is 13.2 Å². The van der Waals surface area contributed by atoms with Crippen molar-refractivity contribution < 1.29 is 14.3 Å². The second-order valence-corrected chi connectivity index (χ2v) is 3.57. The average Bonchev–Trinajstić information content (AvgIpc) is 2.15. The largest absolute Gasteiger partial charge is 0.481 e. The summed E-state index contributed by atoms with van der Waals surface area (Å²) in [5.74, 6) is 1.04. The van der Waals surface area contributed by atoms with Gasteiger partial charge in [0.25, 0.3) is 0 Å². The molecule has 0 aliphatic rings. The van der Waals surface area contributed by atoms with Gasteiger partial charge in [-0.3, -0.25) is 0 Å². The standard InChI is InChI=1S/C11H21NO3/c1-5-14-10(8-7-9(3)4)12-11(13)15-6-2/h9H,5-8H2,1-4H3. The Kier molecular flexibility index (Phi) is 7.68. The molecule has 0 rings (SSSR count). The van der Waals surface area contributed by atoms with Crippen molar-refractivity contribution in [2.24, 2.45) is 10.9 Å². The third-order valence-corrected chi connectivity index (χ3v) is 1.73. The molecule has 4 nitrogen and oxygen atoms in total. The molecule has 0 fully saturated rings. The van der Waals surface area contributed by atoms with Crippen LogP contribution in [0.1, 0.15) is 40.5 Å². The molecule has 0 aliphatic heterocycles. The molecule has 0 N–H and O–H groups in total. The third-order valence-electron chi connectivity index (χ3n) is 1.73. The lowest BCUT2D eigenvalue weighted by Gasteiger charge is -2.08. The maximum absolute atomic E-state index is 11.1. The second-order valence-electron chi connectivity index (χ2n) is 3.57. The summed E-state index contributed by atoms with van der Waals surface area (Å²) in [6.07, 6.45) is 1.08. The van der Waals surface area contributed by atoms with Crippen LogP contribution in [0.3, 0.4) is 0 Å². The first-order valence-electron chi connectivity index (χ1n) is 5.47. The van der Waals surface area contributed by atoms with Gasteiger partial charge in [0.2, 0.25) is 0 Å². The lowest BCUT2D eigenvalue weighted by molar-refractivity contribution is 0.162. The fourth-order valence-electron chi connectivity index (χ4n) is 0.997. The summed E-state index contributed by atoms with van der Waals surface area (Å²) in [7, 11) is 0. The first-order chi connectivity index (χ1) is 7.10. The molecule has 0 unspecified atom stereocenters. The number of rotatable bonds is 5. The number of carbonyl (C=O) groups excluding carboxylic acids is 1. The van der Waals surface area contributed by atoms with Crippen molar-refractivity contribution >= 4 is 12.0 Å². The van der Waals surface area contributed by atoms with Crippen LogP contribution in [0.25, 0.3) is 0 Å². The van der Waals surface area contributed by atoms with Gasteiger partial charge in [-0.15, -0.1) is 4.99 Å². The predicted octanol–water partition coefficient (Wildman–Crippen LogP) is 3.01. The molecule has 0 aromatic carbocycles. The van der Waals surface area contributed by atoms with Gasteiger partial charge < -0.3 is 9.47 Å². The molecule has 0 aromatic heterocycles. The van der Waals surface area contributed by atoms with Crippen molar-refractivity contribution in [3.8, 4) is 0 Å². The van der Waals surface area contributed by atoms with Gasteiger partial charge in [-0.05, 0) is 26.2 Å². The van der Waals surface area contributed by atoms with Crippen molar-refractivity contribution in [1.29, 1.82) is 0 Å². The Morgan fingerprint density at radius 1 is 1.20 bits per heavy atom. The van der Waals surface area contributed by atoms with E-state index in [0.717, 1.165) is 6.42 Å². The van der Waals surface area contributed by atoms with Crippen LogP contribution < -0.4 is 0 Å². The second kappa shape index (κ2) is 8.26. The fourth-order valence-corrected chi connectivity index (χ4v) is 0.997. The van der Waals surface area contributed by atoms with Crippen LogP contribution >= 0.6 is 0 Å². The highest BCUT2D eigenvalue weighted by Gasteiger charge is 2.06. The van der Waals surface area contributed by atoms with Gasteiger partial charge in [0.1, 0.15) is 0 Å². The van der Waals surface area contributed by atoms with E-state index in [2.05, 4.69) is 18.8 Å². The zero-order valence-electron chi connectivity index (χ0n) is 10.1. The summed E-state index contributed by atoms with van der Waals surface area (Å²) in [5.41, 5.74) is 0. The zero-order valence-corrected chi connectivity index (χ0v) is 10.1. The molecule has 0 radical (unpaired) electrons. The Morgan fingerprint density at radius 2 is 1.80 bits per heavy atom. The number of carbonyl (C=O) groups is 1. The molecule has 0 aromatic rings. The van der Waals surface area contributed by atoms with Crippen molar-refractivity contribution in [3.05, 3.63) is 0 Å². The van der Waals surface area contributed by atoms with E-state index in [1.165, 1.54) is 0 Å². The molecule has 4 heteroatoms. The van der Waals surface area contributed by atoms with Crippen molar-refractivity contribution in [3.63, 3.8) is 0 Å². The summed E-state index contributed by atoms with van der Waals surface area (Å²) in [4.78, 5) is 14.8. The molecule has 0 spiro atoms. The van der Waals surface area contributed by atoms with Crippen LogP contribution in [-0.2, 0) is 9.47 Å². The van der Waals surface area contributed by atoms with Crippen LogP contribution in [0.5, 0.6) is 0 Å². The van der Waals surface area contributed by atoms with Gasteiger partial charge in [-0.2, -0.15) is 0 Å². The quantitative estimate of drug-likeness (QED) is 0.523. The van der Waals surface area contributed by atoms with Crippen LogP contribution in [0.2, 0.25) is 0 Å². The molecular weight excluding hydrogens is 194 g/mol. The maximum atomic E-state index is 11.1. The van der Waals surface area contributed by atoms with Gasteiger partial charge in [0.15, 0.2) is 5.90 Å². The molecular formula is C11H21NO3. The maximum Gasteiger partial charge on any atom is 0.436 e. The topological polar surface area (TPSA) is 47.9 Å². The molecule has 0 atom stereocenters. The molecule has 1 amide bonds. The number of hydrogen-bond acceptors (Lipinski definition) is 3. The molecule has 0 saturated carbocycles. The SMILES string of the molecule is CCOC(=O)N=C(CCC(C)C)OCC. The van der Waals surface area contributed by atoms with E-state index in [0.29, 0.717) is 31.5 Å². The number of hydrogen-bond donors (Lipinski definition) is 0. The van der Waals surface area contributed by atoms with E-state index in [-0.39, 0.29) is 0 Å². The number of nitrogens with zero attached hydrogens (tertiary/aromatic N) is 1. The molecule has 0 saturated heterocycles. The smallest absolute Gasteiger partial charge is 0.436 e. The minimum Gasteiger partial charge on any atom is -0.481 e. The lowest BCUT2D eigenvalue weighted by atomic mass is 10.1. The Labute approximate surface area is 91.7 Å². The van der Waals surface area contributed by atoms with Crippen molar-refractivity contribution in [2.45, 2.75) is 40.5 Å². The lowest BCUT2D eigenvalue weighted by Crippen LogP contribution is -2.10. The zero-order chi connectivity index (χ0) is 11.7. The third kappa shape index (κ3) is 7.97. The Hall–Kier alpha value is -1.06. The van der Waals surface area contributed by atoms with E-state index < -0.39 is 6.09 Å². The Bertz CT molecular complexity index is 212. The first-order valence-corrected chi connectivity index (χ1v) is 5.47. The first kappa shape index (κ1) is 13.9. The normalized spacial score (nSPS) is 11.7. The fraction of sp³-hybridized carbons (Fsp3) is 0.818. The number of aliphatic imine (C=N–C) groups is 1. The minimum absolute atomic E-state index is 0.339. The van der Waals surface area contributed by atoms with Gasteiger partial charge in [-0.1, -0.05) is 13.8 Å². The van der Waals surface area contributed by atoms with Crippen molar-refractivity contribution in [1.82, 2.24) is 0 Å². The van der Waals surface area contributed by atoms with E-state index in [1.807, 2.05) is 6.92 Å². The van der Waals surface area contributed by atoms with E-state index in [9.17, 15) is 4.79 Å². The average molecular weight is 215 g/mol. The number of amides is 1. The summed E-state index contributed by atoms with van der Waals surface area (Å²) in [5, 5.41) is 0. The highest BCUT2D eigenvalue weighted by molar-refractivity contribution is 5.87. The van der Waals surface area contributed by atoms with E-state index >= 15 is 0 Å². The molecule has 0 heterocycles. The van der Waals surface area contributed by atoms with Crippen LogP contribution in [0, 0.1) is 5.92 Å². The number of ether oxygens (including phenoxy) is 2. The Balaban J connectivity index is 4.17. The molecule has 0 aliphatic carbocycles. The van der Waals surface area contributed by atoms with Gasteiger partial charge >= 0.3 is 6.09 Å². The predicted molar refractivity (Wildman–Crippen MR) is 60.2 cm³/mol. The highest BCUT2D eigenvalue weighted by atomic mass is 16.6. The Morgan fingerprint density at radius 3 is 2.27 bits per heavy atom.